The van der Waals surface area contributed by atoms with Gasteiger partial charge < -0.3 is 10.1 Å². The Morgan fingerprint density at radius 3 is 2.67 bits per heavy atom. The van der Waals surface area contributed by atoms with E-state index < -0.39 is 0 Å². The zero-order valence-corrected chi connectivity index (χ0v) is 7.13. The number of hydrogen-bond donors (Lipinski definition) is 1. The van der Waals surface area contributed by atoms with Crippen molar-refractivity contribution in [3.8, 4) is 0 Å². The van der Waals surface area contributed by atoms with Crippen LogP contribution in [-0.2, 0) is 14.3 Å². The van der Waals surface area contributed by atoms with Crippen LogP contribution >= 0.6 is 0 Å². The standard InChI is InChI=1S/C8H13NO3/c1-3-9-7(10)5-6-8(11)12-4-2/h3H,1,4-6H2,2H3,(H,9,10). The summed E-state index contributed by atoms with van der Waals surface area (Å²) in [6.45, 7) is 5.39. The van der Waals surface area contributed by atoms with E-state index in [4.69, 9.17) is 0 Å². The van der Waals surface area contributed by atoms with Gasteiger partial charge in [0.2, 0.25) is 5.91 Å². The summed E-state index contributed by atoms with van der Waals surface area (Å²) in [6, 6.07) is 0. The molecule has 0 aromatic carbocycles. The summed E-state index contributed by atoms with van der Waals surface area (Å²) in [4.78, 5) is 21.5. The molecular weight excluding hydrogens is 158 g/mol. The molecule has 0 atom stereocenters. The maximum Gasteiger partial charge on any atom is 0.306 e. The van der Waals surface area contributed by atoms with E-state index in [9.17, 15) is 9.59 Å². The first kappa shape index (κ1) is 10.7. The Morgan fingerprint density at radius 1 is 1.50 bits per heavy atom. The van der Waals surface area contributed by atoms with Crippen molar-refractivity contribution in [2.45, 2.75) is 19.8 Å². The topological polar surface area (TPSA) is 55.4 Å². The average Bonchev–Trinajstić information content (AvgIpc) is 2.02. The second kappa shape index (κ2) is 6.39. The van der Waals surface area contributed by atoms with Crippen LogP contribution in [-0.4, -0.2) is 18.5 Å². The SMILES string of the molecule is C=CNC(=O)CCC(=O)OCC. The van der Waals surface area contributed by atoms with E-state index in [0.29, 0.717) is 6.61 Å². The third kappa shape index (κ3) is 5.46. The molecule has 0 radical (unpaired) electrons. The van der Waals surface area contributed by atoms with E-state index in [1.807, 2.05) is 0 Å². The second-order valence-electron chi connectivity index (χ2n) is 2.08. The fourth-order valence-electron chi connectivity index (χ4n) is 0.635. The first-order chi connectivity index (χ1) is 5.70. The summed E-state index contributed by atoms with van der Waals surface area (Å²) in [5.41, 5.74) is 0. The molecule has 0 fully saturated rings. The fourth-order valence-corrected chi connectivity index (χ4v) is 0.635. The monoisotopic (exact) mass is 171 g/mol. The molecule has 4 nitrogen and oxygen atoms in total. The van der Waals surface area contributed by atoms with Crippen molar-refractivity contribution in [2.24, 2.45) is 0 Å². The summed E-state index contributed by atoms with van der Waals surface area (Å²) < 4.78 is 4.63. The van der Waals surface area contributed by atoms with E-state index >= 15 is 0 Å². The van der Waals surface area contributed by atoms with Crippen LogP contribution in [0.15, 0.2) is 12.8 Å². The largest absolute Gasteiger partial charge is 0.466 e. The summed E-state index contributed by atoms with van der Waals surface area (Å²) in [6.07, 6.45) is 1.55. The predicted molar refractivity (Wildman–Crippen MR) is 44.2 cm³/mol. The maximum atomic E-state index is 10.8. The summed E-state index contributed by atoms with van der Waals surface area (Å²) in [5.74, 6) is -0.574. The molecule has 12 heavy (non-hydrogen) atoms. The highest BCUT2D eigenvalue weighted by atomic mass is 16.5. The zero-order valence-electron chi connectivity index (χ0n) is 7.13. The number of carbonyl (C=O) groups excluding carboxylic acids is 2. The van der Waals surface area contributed by atoms with Crippen LogP contribution < -0.4 is 5.32 Å². The Balaban J connectivity index is 3.46. The normalized spacial score (nSPS) is 8.75. The van der Waals surface area contributed by atoms with Gasteiger partial charge in [-0.2, -0.15) is 0 Å². The molecular formula is C8H13NO3. The Morgan fingerprint density at radius 2 is 2.17 bits per heavy atom. The highest BCUT2D eigenvalue weighted by Crippen LogP contribution is 1.92. The number of rotatable bonds is 5. The minimum absolute atomic E-state index is 0.119. The van der Waals surface area contributed by atoms with E-state index in [2.05, 4.69) is 16.6 Å². The van der Waals surface area contributed by atoms with E-state index in [0.717, 1.165) is 0 Å². The van der Waals surface area contributed by atoms with Crippen molar-refractivity contribution in [1.82, 2.24) is 5.32 Å². The van der Waals surface area contributed by atoms with E-state index in [1.54, 1.807) is 6.92 Å². The Bertz CT molecular complexity index is 177. The van der Waals surface area contributed by atoms with Gasteiger partial charge in [-0.1, -0.05) is 6.58 Å². The van der Waals surface area contributed by atoms with Crippen molar-refractivity contribution >= 4 is 11.9 Å². The molecule has 0 spiro atoms. The van der Waals surface area contributed by atoms with Crippen LogP contribution in [0.1, 0.15) is 19.8 Å². The highest BCUT2D eigenvalue weighted by Gasteiger charge is 2.05. The number of carbonyl (C=O) groups is 2. The quantitative estimate of drug-likeness (QED) is 0.616. The summed E-state index contributed by atoms with van der Waals surface area (Å²) >= 11 is 0. The van der Waals surface area contributed by atoms with Crippen LogP contribution in [0.5, 0.6) is 0 Å². The van der Waals surface area contributed by atoms with Gasteiger partial charge >= 0.3 is 5.97 Å². The molecule has 0 aliphatic rings. The predicted octanol–water partition coefficient (Wildman–Crippen LogP) is 0.589. The lowest BCUT2D eigenvalue weighted by molar-refractivity contribution is -0.144. The van der Waals surface area contributed by atoms with Crippen LogP contribution in [0, 0.1) is 0 Å². The molecule has 0 aromatic heterocycles. The van der Waals surface area contributed by atoms with Gasteiger partial charge in [0.1, 0.15) is 0 Å². The lowest BCUT2D eigenvalue weighted by Gasteiger charge is -2.00. The third-order valence-corrected chi connectivity index (χ3v) is 1.12. The Labute approximate surface area is 71.6 Å². The van der Waals surface area contributed by atoms with Gasteiger partial charge in [-0.25, -0.2) is 0 Å². The average molecular weight is 171 g/mol. The smallest absolute Gasteiger partial charge is 0.306 e. The lowest BCUT2D eigenvalue weighted by Crippen LogP contribution is -2.18. The van der Waals surface area contributed by atoms with Crippen molar-refractivity contribution in [2.75, 3.05) is 6.61 Å². The Kier molecular flexibility index (Phi) is 5.69. The molecule has 4 heteroatoms. The van der Waals surface area contributed by atoms with Crippen molar-refractivity contribution in [3.63, 3.8) is 0 Å². The van der Waals surface area contributed by atoms with E-state index in [1.165, 1.54) is 6.20 Å². The number of nitrogens with one attached hydrogen (secondary N) is 1. The molecule has 0 heterocycles. The molecule has 0 saturated carbocycles. The lowest BCUT2D eigenvalue weighted by atomic mass is 10.3. The molecule has 0 bridgehead atoms. The van der Waals surface area contributed by atoms with Crippen molar-refractivity contribution < 1.29 is 14.3 Å². The van der Waals surface area contributed by atoms with Gasteiger partial charge in [0.25, 0.3) is 0 Å². The number of amides is 1. The van der Waals surface area contributed by atoms with Gasteiger partial charge in [-0.05, 0) is 13.1 Å². The molecule has 1 N–H and O–H groups in total. The third-order valence-electron chi connectivity index (χ3n) is 1.12. The van der Waals surface area contributed by atoms with Crippen molar-refractivity contribution in [3.05, 3.63) is 12.8 Å². The van der Waals surface area contributed by atoms with Crippen molar-refractivity contribution in [1.29, 1.82) is 0 Å². The van der Waals surface area contributed by atoms with Crippen LogP contribution in [0.4, 0.5) is 0 Å². The fraction of sp³-hybridized carbons (Fsp3) is 0.500. The minimum Gasteiger partial charge on any atom is -0.466 e. The highest BCUT2D eigenvalue weighted by molar-refractivity contribution is 5.81. The molecule has 68 valence electrons. The first-order valence-electron chi connectivity index (χ1n) is 3.76. The van der Waals surface area contributed by atoms with Gasteiger partial charge in [-0.15, -0.1) is 0 Å². The molecule has 0 saturated heterocycles. The summed E-state index contributed by atoms with van der Waals surface area (Å²) in [7, 11) is 0. The van der Waals surface area contributed by atoms with Gasteiger partial charge in [0, 0.05) is 6.42 Å². The molecule has 0 unspecified atom stereocenters. The zero-order chi connectivity index (χ0) is 9.40. The minimum atomic E-state index is -0.350. The number of esters is 1. The van der Waals surface area contributed by atoms with Gasteiger partial charge in [0.05, 0.1) is 13.0 Å². The molecule has 1 amide bonds. The second-order valence-corrected chi connectivity index (χ2v) is 2.08. The van der Waals surface area contributed by atoms with Gasteiger partial charge in [-0.3, -0.25) is 9.59 Å². The van der Waals surface area contributed by atoms with Gasteiger partial charge in [0.15, 0.2) is 0 Å². The maximum absolute atomic E-state index is 10.8. The number of ether oxygens (including phenoxy) is 1. The molecule has 0 aliphatic heterocycles. The molecule has 0 aliphatic carbocycles. The molecule has 0 aromatic rings. The molecule has 0 rings (SSSR count). The van der Waals surface area contributed by atoms with Crippen LogP contribution in [0.2, 0.25) is 0 Å². The summed E-state index contributed by atoms with van der Waals surface area (Å²) in [5, 5.41) is 2.36. The van der Waals surface area contributed by atoms with Crippen LogP contribution in [0.25, 0.3) is 0 Å². The Hall–Kier alpha value is -1.32. The van der Waals surface area contributed by atoms with Crippen LogP contribution in [0.3, 0.4) is 0 Å². The first-order valence-corrected chi connectivity index (χ1v) is 3.76. The number of hydrogen-bond acceptors (Lipinski definition) is 3. The van der Waals surface area contributed by atoms with E-state index in [-0.39, 0.29) is 24.7 Å².